The highest BCUT2D eigenvalue weighted by atomic mass is 35.5. The summed E-state index contributed by atoms with van der Waals surface area (Å²) in [6.45, 7) is 10.6. The van der Waals surface area contributed by atoms with Crippen molar-refractivity contribution < 1.29 is 15.7 Å². The second kappa shape index (κ2) is 15.7. The predicted octanol–water partition coefficient (Wildman–Crippen LogP) is 2.28. The third-order valence-electron chi connectivity index (χ3n) is 6.80. The SMILES string of the molecule is CCN1CCc2sc3ncn(CCN4CCN(c5ccccc5OC)CC4)c(=O)c3c2C1.Cl.Cl.Cl.O.O. The maximum absolute atomic E-state index is 13.3. The molecule has 13 heteroatoms. The predicted molar refractivity (Wildman–Crippen MR) is 159 cm³/mol. The van der Waals surface area contributed by atoms with E-state index in [0.717, 1.165) is 80.4 Å². The lowest BCUT2D eigenvalue weighted by Crippen LogP contribution is -2.47. The highest BCUT2D eigenvalue weighted by molar-refractivity contribution is 7.18. The molecule has 2 aliphatic rings. The maximum Gasteiger partial charge on any atom is 0.262 e. The van der Waals surface area contributed by atoms with Crippen molar-refractivity contribution >= 4 is 64.5 Å². The summed E-state index contributed by atoms with van der Waals surface area (Å²) in [5, 5.41) is 0.853. The van der Waals surface area contributed by atoms with Crippen molar-refractivity contribution in [3.63, 3.8) is 0 Å². The van der Waals surface area contributed by atoms with Crippen molar-refractivity contribution in [1.82, 2.24) is 19.4 Å². The molecule has 210 valence electrons. The highest BCUT2D eigenvalue weighted by Crippen LogP contribution is 2.32. The topological polar surface area (TPSA) is 117 Å². The number of likely N-dealkylation sites (N-methyl/N-ethyl adjacent to an activating group) is 1. The lowest BCUT2D eigenvalue weighted by atomic mass is 10.1. The highest BCUT2D eigenvalue weighted by Gasteiger charge is 2.24. The summed E-state index contributed by atoms with van der Waals surface area (Å²) in [4.78, 5) is 27.4. The average molecular weight is 599 g/mol. The summed E-state index contributed by atoms with van der Waals surface area (Å²) in [5.74, 6) is 0.924. The number of ether oxygens (including phenoxy) is 1. The number of anilines is 1. The van der Waals surface area contributed by atoms with Crippen molar-refractivity contribution in [2.45, 2.75) is 26.4 Å². The van der Waals surface area contributed by atoms with E-state index >= 15 is 0 Å². The van der Waals surface area contributed by atoms with Gasteiger partial charge in [-0.25, -0.2) is 4.98 Å². The summed E-state index contributed by atoms with van der Waals surface area (Å²) in [7, 11) is 1.72. The molecule has 9 nitrogen and oxygen atoms in total. The zero-order chi connectivity index (χ0) is 22.1. The van der Waals surface area contributed by atoms with Gasteiger partial charge in [0.25, 0.3) is 5.56 Å². The normalized spacial score (nSPS) is 15.2. The Bertz CT molecular complexity index is 1170. The molecule has 0 atom stereocenters. The number of fused-ring (bicyclic) bond motifs is 3. The largest absolute Gasteiger partial charge is 0.495 e. The molecule has 3 aromatic rings. The molecule has 4 heterocycles. The van der Waals surface area contributed by atoms with E-state index in [1.165, 1.54) is 10.4 Å². The first-order chi connectivity index (χ1) is 15.7. The van der Waals surface area contributed by atoms with Gasteiger partial charge >= 0.3 is 0 Å². The van der Waals surface area contributed by atoms with Crippen LogP contribution in [0.15, 0.2) is 35.4 Å². The summed E-state index contributed by atoms with van der Waals surface area (Å²) < 4.78 is 7.34. The second-order valence-corrected chi connectivity index (χ2v) is 9.63. The number of para-hydroxylation sites is 2. The number of benzene rings is 1. The molecule has 37 heavy (non-hydrogen) atoms. The molecule has 0 aliphatic carbocycles. The van der Waals surface area contributed by atoms with Crippen molar-refractivity contribution in [3.8, 4) is 5.75 Å². The van der Waals surface area contributed by atoms with Crippen molar-refractivity contribution in [2.75, 3.05) is 57.8 Å². The van der Waals surface area contributed by atoms with Gasteiger partial charge in [0.1, 0.15) is 10.6 Å². The number of hydrogen-bond donors (Lipinski definition) is 0. The Labute approximate surface area is 240 Å². The molecule has 0 bridgehead atoms. The van der Waals surface area contributed by atoms with Crippen LogP contribution in [0, 0.1) is 0 Å². The number of piperazine rings is 1. The first-order valence-electron chi connectivity index (χ1n) is 11.5. The zero-order valence-electron chi connectivity index (χ0n) is 21.1. The Hall–Kier alpha value is -1.63. The van der Waals surface area contributed by atoms with Gasteiger partial charge < -0.3 is 20.6 Å². The van der Waals surface area contributed by atoms with Gasteiger partial charge in [-0.2, -0.15) is 0 Å². The number of aromatic nitrogens is 2. The van der Waals surface area contributed by atoms with E-state index in [2.05, 4.69) is 38.7 Å². The maximum atomic E-state index is 13.3. The number of halogens is 3. The first kappa shape index (κ1) is 35.4. The Kier molecular flexibility index (Phi) is 15.0. The van der Waals surface area contributed by atoms with Gasteiger partial charge in [0.15, 0.2) is 0 Å². The summed E-state index contributed by atoms with van der Waals surface area (Å²) in [6.07, 6.45) is 2.77. The fourth-order valence-electron chi connectivity index (χ4n) is 4.84. The van der Waals surface area contributed by atoms with Crippen LogP contribution in [0.3, 0.4) is 0 Å². The minimum atomic E-state index is 0. The fourth-order valence-corrected chi connectivity index (χ4v) is 5.97. The molecular weight excluding hydrogens is 561 g/mol. The van der Waals surface area contributed by atoms with Gasteiger partial charge in [0.05, 0.1) is 24.5 Å². The average Bonchev–Trinajstić information content (AvgIpc) is 3.22. The van der Waals surface area contributed by atoms with Crippen LogP contribution in [-0.2, 0) is 19.5 Å². The Balaban J connectivity index is 0.00000259. The number of rotatable bonds is 6. The van der Waals surface area contributed by atoms with Gasteiger partial charge in [-0.1, -0.05) is 19.1 Å². The molecule has 0 saturated carbocycles. The molecule has 5 rings (SSSR count). The molecule has 1 saturated heterocycles. The van der Waals surface area contributed by atoms with Gasteiger partial charge in [0, 0.05) is 57.2 Å². The van der Waals surface area contributed by atoms with E-state index in [0.29, 0.717) is 6.54 Å². The molecule has 0 unspecified atom stereocenters. The minimum Gasteiger partial charge on any atom is -0.495 e. The first-order valence-corrected chi connectivity index (χ1v) is 12.3. The number of hydrogen-bond acceptors (Lipinski definition) is 7. The van der Waals surface area contributed by atoms with Crippen LogP contribution in [-0.4, -0.2) is 83.2 Å². The van der Waals surface area contributed by atoms with Crippen LogP contribution in [0.4, 0.5) is 5.69 Å². The van der Waals surface area contributed by atoms with E-state index in [1.54, 1.807) is 24.8 Å². The molecule has 1 fully saturated rings. The Morgan fingerprint density at radius 1 is 0.973 bits per heavy atom. The van der Waals surface area contributed by atoms with E-state index in [1.807, 2.05) is 16.7 Å². The Morgan fingerprint density at radius 2 is 1.68 bits per heavy atom. The molecular formula is C24H38Cl3N5O4S. The van der Waals surface area contributed by atoms with E-state index < -0.39 is 0 Å². The quantitative estimate of drug-likeness (QED) is 0.430. The summed E-state index contributed by atoms with van der Waals surface area (Å²) in [5.41, 5.74) is 2.50. The fraction of sp³-hybridized carbons (Fsp3) is 0.500. The lowest BCUT2D eigenvalue weighted by Gasteiger charge is -2.36. The van der Waals surface area contributed by atoms with Crippen molar-refractivity contribution in [1.29, 1.82) is 0 Å². The summed E-state index contributed by atoms with van der Waals surface area (Å²) >= 11 is 1.71. The van der Waals surface area contributed by atoms with E-state index in [-0.39, 0.29) is 53.7 Å². The second-order valence-electron chi connectivity index (χ2n) is 8.55. The molecule has 0 radical (unpaired) electrons. The van der Waals surface area contributed by atoms with E-state index in [4.69, 9.17) is 4.74 Å². The van der Waals surface area contributed by atoms with E-state index in [9.17, 15) is 4.79 Å². The van der Waals surface area contributed by atoms with Gasteiger partial charge in [-0.05, 0) is 30.7 Å². The van der Waals surface area contributed by atoms with Gasteiger partial charge in [0.2, 0.25) is 0 Å². The molecule has 4 N–H and O–H groups in total. The van der Waals surface area contributed by atoms with Gasteiger partial charge in [-0.15, -0.1) is 48.6 Å². The monoisotopic (exact) mass is 597 g/mol. The summed E-state index contributed by atoms with van der Waals surface area (Å²) in [6, 6.07) is 8.20. The zero-order valence-corrected chi connectivity index (χ0v) is 24.4. The van der Waals surface area contributed by atoms with Crippen molar-refractivity contribution in [3.05, 3.63) is 51.4 Å². The lowest BCUT2D eigenvalue weighted by molar-refractivity contribution is 0.246. The van der Waals surface area contributed by atoms with Gasteiger partial charge in [-0.3, -0.25) is 19.2 Å². The third kappa shape index (κ3) is 7.27. The number of methoxy groups -OCH3 is 1. The molecule has 2 aliphatic heterocycles. The molecule has 2 aromatic heterocycles. The van der Waals surface area contributed by atoms with Crippen LogP contribution in [0.25, 0.3) is 10.2 Å². The van der Waals surface area contributed by atoms with Crippen molar-refractivity contribution in [2.24, 2.45) is 0 Å². The van der Waals surface area contributed by atoms with Crippen LogP contribution in [0.1, 0.15) is 17.4 Å². The molecule has 1 aromatic carbocycles. The van der Waals surface area contributed by atoms with Crippen LogP contribution >= 0.6 is 48.6 Å². The minimum absolute atomic E-state index is 0. The van der Waals surface area contributed by atoms with Crippen LogP contribution < -0.4 is 15.2 Å². The number of nitrogens with zero attached hydrogens (tertiary/aromatic N) is 5. The standard InChI is InChI=1S/C24H31N5O2S.3ClH.2H2O/c1-3-26-9-8-21-18(16-26)22-23(32-21)25-17-29(24(22)30)15-12-27-10-13-28(14-11-27)19-6-4-5-7-20(19)31-2;;;;;/h4-7,17H,3,8-16H2,1-2H3;3*1H;2*1H2. The van der Waals surface area contributed by atoms with Crippen LogP contribution in [0.2, 0.25) is 0 Å². The number of thiophene rings is 1. The smallest absolute Gasteiger partial charge is 0.262 e. The molecule has 0 amide bonds. The van der Waals surface area contributed by atoms with Crippen LogP contribution in [0.5, 0.6) is 5.75 Å². The Morgan fingerprint density at radius 3 is 2.35 bits per heavy atom. The molecule has 0 spiro atoms. The third-order valence-corrected chi connectivity index (χ3v) is 8.00.